The number of benzene rings is 2. The second-order valence-electron chi connectivity index (χ2n) is 5.92. The van der Waals surface area contributed by atoms with Gasteiger partial charge >= 0.3 is 0 Å². The molecule has 0 saturated carbocycles. The first-order valence-corrected chi connectivity index (χ1v) is 8.69. The minimum absolute atomic E-state index is 0.241. The summed E-state index contributed by atoms with van der Waals surface area (Å²) in [6, 6.07) is 13.1. The Kier molecular flexibility index (Phi) is 5.88. The molecule has 0 aliphatic rings. The highest BCUT2D eigenvalue weighted by Crippen LogP contribution is 2.27. The molecule has 1 amide bonds. The van der Waals surface area contributed by atoms with Crippen LogP contribution in [0.15, 0.2) is 54.9 Å². The van der Waals surface area contributed by atoms with Gasteiger partial charge in [0.2, 0.25) is 0 Å². The number of nitrogens with one attached hydrogen (secondary N) is 2. The summed E-state index contributed by atoms with van der Waals surface area (Å²) in [6.07, 6.45) is 2.95. The van der Waals surface area contributed by atoms with E-state index >= 15 is 0 Å². The van der Waals surface area contributed by atoms with Gasteiger partial charge in [-0.1, -0.05) is 29.8 Å². The third-order valence-electron chi connectivity index (χ3n) is 3.87. The number of nitrogens with zero attached hydrogens (tertiary/aromatic N) is 2. The monoisotopic (exact) mass is 382 g/mol. The predicted molar refractivity (Wildman–Crippen MR) is 106 cm³/mol. The van der Waals surface area contributed by atoms with Crippen LogP contribution in [0.4, 0.5) is 11.5 Å². The van der Waals surface area contributed by atoms with Crippen molar-refractivity contribution in [2.75, 3.05) is 12.4 Å². The van der Waals surface area contributed by atoms with Crippen molar-refractivity contribution < 1.29 is 9.53 Å². The zero-order chi connectivity index (χ0) is 19.2. The summed E-state index contributed by atoms with van der Waals surface area (Å²) in [4.78, 5) is 20.7. The van der Waals surface area contributed by atoms with E-state index in [9.17, 15) is 4.79 Å². The van der Waals surface area contributed by atoms with E-state index in [2.05, 4.69) is 20.6 Å². The fourth-order valence-electron chi connectivity index (χ4n) is 2.44. The average Bonchev–Trinajstić information content (AvgIpc) is 2.68. The molecule has 7 heteroatoms. The predicted octanol–water partition coefficient (Wildman–Crippen LogP) is 4.12. The highest BCUT2D eigenvalue weighted by atomic mass is 35.5. The van der Waals surface area contributed by atoms with Crippen LogP contribution < -0.4 is 15.4 Å². The molecule has 0 radical (unpaired) electrons. The standard InChI is InChI=1S/C20H19ClN4O2/c1-13-3-8-18(27-2)16(9-13)25-19-12-22-17(11-23-19)20(26)24-10-14-4-6-15(21)7-5-14/h3-9,11-12H,10H2,1-2H3,(H,23,25)(H,24,26). The molecule has 27 heavy (non-hydrogen) atoms. The van der Waals surface area contributed by atoms with Crippen molar-refractivity contribution in [1.29, 1.82) is 0 Å². The normalized spacial score (nSPS) is 10.3. The third-order valence-corrected chi connectivity index (χ3v) is 4.12. The van der Waals surface area contributed by atoms with Crippen LogP contribution in [0.25, 0.3) is 0 Å². The molecule has 0 aliphatic carbocycles. The van der Waals surface area contributed by atoms with Gasteiger partial charge in [0.05, 0.1) is 25.2 Å². The van der Waals surface area contributed by atoms with Crippen LogP contribution in [0.2, 0.25) is 5.02 Å². The lowest BCUT2D eigenvalue weighted by Gasteiger charge is -2.11. The smallest absolute Gasteiger partial charge is 0.271 e. The molecule has 0 aliphatic heterocycles. The molecule has 0 bridgehead atoms. The summed E-state index contributed by atoms with van der Waals surface area (Å²) < 4.78 is 5.33. The van der Waals surface area contributed by atoms with Crippen molar-refractivity contribution in [2.24, 2.45) is 0 Å². The number of carbonyl (C=O) groups is 1. The van der Waals surface area contributed by atoms with Crippen LogP contribution in [0, 0.1) is 6.92 Å². The Morgan fingerprint density at radius 1 is 1.11 bits per heavy atom. The number of hydrogen-bond acceptors (Lipinski definition) is 5. The maximum atomic E-state index is 12.2. The summed E-state index contributed by atoms with van der Waals surface area (Å²) in [7, 11) is 1.61. The van der Waals surface area contributed by atoms with Crippen molar-refractivity contribution in [2.45, 2.75) is 13.5 Å². The van der Waals surface area contributed by atoms with Crippen LogP contribution >= 0.6 is 11.6 Å². The van der Waals surface area contributed by atoms with Crippen LogP contribution in [0.3, 0.4) is 0 Å². The molecule has 3 rings (SSSR count). The highest BCUT2D eigenvalue weighted by Gasteiger charge is 2.09. The van der Waals surface area contributed by atoms with Gasteiger partial charge in [-0.3, -0.25) is 4.79 Å². The number of carbonyl (C=O) groups excluding carboxylic acids is 1. The van der Waals surface area contributed by atoms with E-state index in [4.69, 9.17) is 16.3 Å². The van der Waals surface area contributed by atoms with Crippen molar-refractivity contribution in [3.8, 4) is 5.75 Å². The van der Waals surface area contributed by atoms with E-state index in [1.807, 2.05) is 37.3 Å². The average molecular weight is 383 g/mol. The Morgan fingerprint density at radius 2 is 1.89 bits per heavy atom. The summed E-state index contributed by atoms with van der Waals surface area (Å²) >= 11 is 5.85. The molecular weight excluding hydrogens is 364 g/mol. The quantitative estimate of drug-likeness (QED) is 0.670. The first kappa shape index (κ1) is 18.7. The molecule has 2 N–H and O–H groups in total. The second-order valence-corrected chi connectivity index (χ2v) is 6.36. The van der Waals surface area contributed by atoms with Crippen molar-refractivity contribution >= 4 is 29.0 Å². The Balaban J connectivity index is 1.63. The number of aryl methyl sites for hydroxylation is 1. The number of amides is 1. The topological polar surface area (TPSA) is 76.1 Å². The van der Waals surface area contributed by atoms with E-state index in [0.29, 0.717) is 23.1 Å². The lowest BCUT2D eigenvalue weighted by Crippen LogP contribution is -2.24. The van der Waals surface area contributed by atoms with Gasteiger partial charge in [0.15, 0.2) is 0 Å². The van der Waals surface area contributed by atoms with E-state index in [-0.39, 0.29) is 11.6 Å². The first-order valence-electron chi connectivity index (χ1n) is 8.31. The van der Waals surface area contributed by atoms with Gasteiger partial charge in [-0.2, -0.15) is 0 Å². The number of hydrogen-bond donors (Lipinski definition) is 2. The van der Waals surface area contributed by atoms with Gasteiger partial charge in [-0.05, 0) is 42.3 Å². The molecule has 0 unspecified atom stereocenters. The van der Waals surface area contributed by atoms with Crippen molar-refractivity contribution in [1.82, 2.24) is 15.3 Å². The molecule has 138 valence electrons. The molecule has 3 aromatic rings. The van der Waals surface area contributed by atoms with Gasteiger partial charge in [0.25, 0.3) is 5.91 Å². The molecule has 0 spiro atoms. The molecule has 0 atom stereocenters. The van der Waals surface area contributed by atoms with Crippen molar-refractivity contribution in [3.05, 3.63) is 76.7 Å². The summed E-state index contributed by atoms with van der Waals surface area (Å²) in [5.41, 5.74) is 3.06. The minimum Gasteiger partial charge on any atom is -0.495 e. The highest BCUT2D eigenvalue weighted by molar-refractivity contribution is 6.30. The summed E-state index contributed by atoms with van der Waals surface area (Å²) in [5, 5.41) is 6.61. The lowest BCUT2D eigenvalue weighted by atomic mass is 10.2. The van der Waals surface area contributed by atoms with Gasteiger partial charge in [0.1, 0.15) is 17.3 Å². The molecule has 1 aromatic heterocycles. The van der Waals surface area contributed by atoms with Crippen LogP contribution in [0.1, 0.15) is 21.6 Å². The largest absolute Gasteiger partial charge is 0.495 e. The third kappa shape index (κ3) is 4.95. The number of rotatable bonds is 6. The molecule has 0 fully saturated rings. The maximum Gasteiger partial charge on any atom is 0.271 e. The maximum absolute atomic E-state index is 12.2. The Labute approximate surface area is 162 Å². The summed E-state index contributed by atoms with van der Waals surface area (Å²) in [5.74, 6) is 0.928. The Morgan fingerprint density at radius 3 is 2.56 bits per heavy atom. The van der Waals surface area contributed by atoms with Gasteiger partial charge in [0, 0.05) is 11.6 Å². The fraction of sp³-hybridized carbons (Fsp3) is 0.150. The van der Waals surface area contributed by atoms with Crippen LogP contribution in [-0.4, -0.2) is 23.0 Å². The van der Waals surface area contributed by atoms with Crippen LogP contribution in [-0.2, 0) is 6.54 Å². The molecule has 2 aromatic carbocycles. The number of aromatic nitrogens is 2. The van der Waals surface area contributed by atoms with E-state index in [1.54, 1.807) is 19.2 Å². The lowest BCUT2D eigenvalue weighted by molar-refractivity contribution is 0.0945. The first-order chi connectivity index (χ1) is 13.0. The SMILES string of the molecule is COc1ccc(C)cc1Nc1cnc(C(=O)NCc2ccc(Cl)cc2)cn1. The van der Waals surface area contributed by atoms with Crippen LogP contribution in [0.5, 0.6) is 5.75 Å². The minimum atomic E-state index is -0.294. The second kappa shape index (κ2) is 8.51. The molecule has 0 saturated heterocycles. The van der Waals surface area contributed by atoms with Crippen molar-refractivity contribution in [3.63, 3.8) is 0 Å². The number of ether oxygens (including phenoxy) is 1. The number of methoxy groups -OCH3 is 1. The molecule has 6 nitrogen and oxygen atoms in total. The Bertz CT molecular complexity index is 928. The van der Waals surface area contributed by atoms with Gasteiger partial charge in [-0.25, -0.2) is 9.97 Å². The zero-order valence-electron chi connectivity index (χ0n) is 15.0. The Hall–Kier alpha value is -3.12. The number of anilines is 2. The molecule has 1 heterocycles. The van der Waals surface area contributed by atoms with E-state index in [1.165, 1.54) is 12.4 Å². The fourth-order valence-corrected chi connectivity index (χ4v) is 2.57. The molecular formula is C20H19ClN4O2. The van der Waals surface area contributed by atoms with Gasteiger partial charge in [-0.15, -0.1) is 0 Å². The zero-order valence-corrected chi connectivity index (χ0v) is 15.7. The summed E-state index contributed by atoms with van der Waals surface area (Å²) in [6.45, 7) is 2.38. The van der Waals surface area contributed by atoms with Gasteiger partial charge < -0.3 is 15.4 Å². The van der Waals surface area contributed by atoms with E-state index in [0.717, 1.165) is 16.8 Å². The van der Waals surface area contributed by atoms with E-state index < -0.39 is 0 Å². The number of halogens is 1.